The lowest BCUT2D eigenvalue weighted by Gasteiger charge is -2.25. The molecule has 0 radical (unpaired) electrons. The van der Waals surface area contributed by atoms with Crippen LogP contribution in [0.3, 0.4) is 0 Å². The molecule has 1 heterocycles. The van der Waals surface area contributed by atoms with E-state index in [9.17, 15) is 0 Å². The van der Waals surface area contributed by atoms with E-state index < -0.39 is 0 Å². The van der Waals surface area contributed by atoms with Gasteiger partial charge in [0.2, 0.25) is 0 Å². The Labute approximate surface area is 109 Å². The van der Waals surface area contributed by atoms with Crippen LogP contribution in [0.2, 0.25) is 0 Å². The molecule has 0 aliphatic carbocycles. The molecule has 1 aromatic rings. The summed E-state index contributed by atoms with van der Waals surface area (Å²) in [5.41, 5.74) is 1.17. The first-order chi connectivity index (χ1) is 7.90. The molecule has 1 rings (SSSR count). The Bertz CT molecular complexity index is 344. The second kappa shape index (κ2) is 6.47. The van der Waals surface area contributed by atoms with E-state index in [2.05, 4.69) is 57.0 Å². The van der Waals surface area contributed by atoms with E-state index in [4.69, 9.17) is 0 Å². The van der Waals surface area contributed by atoms with Crippen LogP contribution in [-0.4, -0.2) is 36.6 Å². The summed E-state index contributed by atoms with van der Waals surface area (Å²) < 4.78 is 0. The summed E-state index contributed by atoms with van der Waals surface area (Å²) in [7, 11) is 4.25. The van der Waals surface area contributed by atoms with E-state index >= 15 is 0 Å². The van der Waals surface area contributed by atoms with Crippen LogP contribution < -0.4 is 5.32 Å². The van der Waals surface area contributed by atoms with Crippen molar-refractivity contribution in [2.24, 2.45) is 5.92 Å². The third kappa shape index (κ3) is 4.74. The molecule has 0 aliphatic heterocycles. The smallest absolute Gasteiger partial charge is 0.0900 e. The van der Waals surface area contributed by atoms with Crippen LogP contribution in [0.1, 0.15) is 29.4 Å². The van der Waals surface area contributed by atoms with Gasteiger partial charge < -0.3 is 10.2 Å². The number of nitrogens with one attached hydrogen (secondary N) is 1. The highest BCUT2D eigenvalue weighted by Crippen LogP contribution is 2.17. The monoisotopic (exact) mass is 255 g/mol. The maximum atomic E-state index is 4.46. The molecule has 1 unspecified atom stereocenters. The van der Waals surface area contributed by atoms with Crippen molar-refractivity contribution in [1.29, 1.82) is 0 Å². The number of thiazole rings is 1. The molecule has 98 valence electrons. The fraction of sp³-hybridized carbons (Fsp3) is 0.769. The van der Waals surface area contributed by atoms with Crippen LogP contribution >= 0.6 is 11.3 Å². The Hall–Kier alpha value is -0.450. The number of aromatic nitrogens is 1. The predicted octanol–water partition coefficient (Wildman–Crippen LogP) is 2.44. The third-order valence-electron chi connectivity index (χ3n) is 2.89. The van der Waals surface area contributed by atoms with E-state index in [1.54, 1.807) is 11.3 Å². The molecule has 3 nitrogen and oxygen atoms in total. The van der Waals surface area contributed by atoms with E-state index in [1.165, 1.54) is 10.6 Å². The van der Waals surface area contributed by atoms with Crippen molar-refractivity contribution in [3.05, 3.63) is 15.6 Å². The van der Waals surface area contributed by atoms with E-state index in [-0.39, 0.29) is 0 Å². The van der Waals surface area contributed by atoms with Gasteiger partial charge in [-0.3, -0.25) is 0 Å². The number of likely N-dealkylation sites (N-methyl/N-ethyl adjacent to an activating group) is 1. The van der Waals surface area contributed by atoms with Gasteiger partial charge in [0.05, 0.1) is 10.7 Å². The maximum Gasteiger partial charge on any atom is 0.0900 e. The number of hydrogen-bond acceptors (Lipinski definition) is 4. The van der Waals surface area contributed by atoms with Gasteiger partial charge in [0.15, 0.2) is 0 Å². The predicted molar refractivity (Wildman–Crippen MR) is 75.6 cm³/mol. The van der Waals surface area contributed by atoms with Crippen molar-refractivity contribution in [2.45, 2.75) is 40.3 Å². The number of rotatable bonds is 6. The Kier molecular flexibility index (Phi) is 5.56. The molecule has 1 aromatic heterocycles. The minimum Gasteiger partial charge on any atom is -0.308 e. The number of aryl methyl sites for hydroxylation is 2. The van der Waals surface area contributed by atoms with Gasteiger partial charge in [0, 0.05) is 24.0 Å². The number of hydrogen-bond donors (Lipinski definition) is 1. The normalized spacial score (nSPS) is 13.6. The molecule has 0 aliphatic rings. The molecular weight excluding hydrogens is 230 g/mol. The van der Waals surface area contributed by atoms with E-state index in [0.717, 1.165) is 18.1 Å². The first kappa shape index (κ1) is 14.6. The third-order valence-corrected chi connectivity index (χ3v) is 3.96. The highest BCUT2D eigenvalue weighted by Gasteiger charge is 2.14. The minimum atomic E-state index is 0.534. The van der Waals surface area contributed by atoms with Crippen molar-refractivity contribution in [2.75, 3.05) is 20.6 Å². The molecule has 0 fully saturated rings. The molecule has 0 saturated carbocycles. The standard InChI is InChI=1S/C13H25N3S/c1-9(2)12(8-16(5)6)14-7-13-10(3)15-11(4)17-13/h9,12,14H,7-8H2,1-6H3. The Balaban J connectivity index is 2.54. The first-order valence-corrected chi connectivity index (χ1v) is 7.02. The summed E-state index contributed by atoms with van der Waals surface area (Å²) in [6.45, 7) is 10.7. The van der Waals surface area contributed by atoms with Crippen LogP contribution in [-0.2, 0) is 6.54 Å². The Morgan fingerprint density at radius 3 is 2.35 bits per heavy atom. The highest BCUT2D eigenvalue weighted by atomic mass is 32.1. The SMILES string of the molecule is Cc1nc(C)c(CNC(CN(C)C)C(C)C)s1. The van der Waals surface area contributed by atoms with Gasteiger partial charge in [-0.15, -0.1) is 11.3 Å². The van der Waals surface area contributed by atoms with Gasteiger partial charge in [-0.1, -0.05) is 13.8 Å². The van der Waals surface area contributed by atoms with Gasteiger partial charge >= 0.3 is 0 Å². The summed E-state index contributed by atoms with van der Waals surface area (Å²) in [6.07, 6.45) is 0. The summed E-state index contributed by atoms with van der Waals surface area (Å²) in [6, 6.07) is 0.534. The van der Waals surface area contributed by atoms with Crippen LogP contribution in [0.5, 0.6) is 0 Å². The quantitative estimate of drug-likeness (QED) is 0.846. The molecule has 17 heavy (non-hydrogen) atoms. The molecule has 1 N–H and O–H groups in total. The van der Waals surface area contributed by atoms with Crippen LogP contribution in [0, 0.1) is 19.8 Å². The largest absolute Gasteiger partial charge is 0.308 e. The molecular formula is C13H25N3S. The zero-order valence-corrected chi connectivity index (χ0v) is 12.7. The van der Waals surface area contributed by atoms with Crippen molar-refractivity contribution in [3.8, 4) is 0 Å². The van der Waals surface area contributed by atoms with Gasteiger partial charge in [0.1, 0.15) is 0 Å². The van der Waals surface area contributed by atoms with Gasteiger partial charge in [-0.2, -0.15) is 0 Å². The second-order valence-electron chi connectivity index (χ2n) is 5.24. The average molecular weight is 255 g/mol. The molecule has 0 saturated heterocycles. The number of nitrogens with zero attached hydrogens (tertiary/aromatic N) is 2. The molecule has 0 bridgehead atoms. The summed E-state index contributed by atoms with van der Waals surface area (Å²) in [5.74, 6) is 0.645. The molecule has 0 aromatic carbocycles. The van der Waals surface area contributed by atoms with Gasteiger partial charge in [-0.05, 0) is 33.9 Å². The summed E-state index contributed by atoms with van der Waals surface area (Å²) in [4.78, 5) is 8.07. The first-order valence-electron chi connectivity index (χ1n) is 6.21. The molecule has 1 atom stereocenters. The van der Waals surface area contributed by atoms with Gasteiger partial charge in [-0.25, -0.2) is 4.98 Å². The van der Waals surface area contributed by atoms with Crippen LogP contribution in [0.4, 0.5) is 0 Å². The fourth-order valence-corrected chi connectivity index (χ4v) is 2.75. The Morgan fingerprint density at radius 1 is 1.29 bits per heavy atom. The molecule has 4 heteroatoms. The lowest BCUT2D eigenvalue weighted by atomic mass is 10.0. The lowest BCUT2D eigenvalue weighted by Crippen LogP contribution is -2.41. The second-order valence-corrected chi connectivity index (χ2v) is 6.52. The zero-order chi connectivity index (χ0) is 13.0. The van der Waals surface area contributed by atoms with Crippen molar-refractivity contribution in [3.63, 3.8) is 0 Å². The topological polar surface area (TPSA) is 28.2 Å². The maximum absolute atomic E-state index is 4.46. The zero-order valence-electron chi connectivity index (χ0n) is 11.9. The lowest BCUT2D eigenvalue weighted by molar-refractivity contribution is 0.288. The summed E-state index contributed by atoms with van der Waals surface area (Å²) >= 11 is 1.80. The van der Waals surface area contributed by atoms with E-state index in [0.29, 0.717) is 12.0 Å². The molecule has 0 spiro atoms. The van der Waals surface area contributed by atoms with Crippen molar-refractivity contribution < 1.29 is 0 Å². The van der Waals surface area contributed by atoms with Crippen LogP contribution in [0.15, 0.2) is 0 Å². The van der Waals surface area contributed by atoms with Crippen molar-refractivity contribution in [1.82, 2.24) is 15.2 Å². The highest BCUT2D eigenvalue weighted by molar-refractivity contribution is 7.11. The van der Waals surface area contributed by atoms with Crippen LogP contribution in [0.25, 0.3) is 0 Å². The van der Waals surface area contributed by atoms with E-state index in [1.807, 2.05) is 0 Å². The fourth-order valence-electron chi connectivity index (χ4n) is 1.87. The minimum absolute atomic E-state index is 0.534. The Morgan fingerprint density at radius 2 is 1.94 bits per heavy atom. The summed E-state index contributed by atoms with van der Waals surface area (Å²) in [5, 5.41) is 4.81. The van der Waals surface area contributed by atoms with Gasteiger partial charge in [0.25, 0.3) is 0 Å². The molecule has 0 amide bonds. The van der Waals surface area contributed by atoms with Crippen molar-refractivity contribution >= 4 is 11.3 Å². The average Bonchev–Trinajstić information content (AvgIpc) is 2.51.